The Morgan fingerprint density at radius 3 is 2.72 bits per heavy atom. The maximum atomic E-state index is 13.0. The van der Waals surface area contributed by atoms with Crippen molar-refractivity contribution in [2.24, 2.45) is 0 Å². The molecule has 0 aliphatic rings. The zero-order chi connectivity index (χ0) is 13.5. The molecular formula is C12H14ClF2NO2. The number of hydrogen-bond donors (Lipinski definition) is 1. The van der Waals surface area contributed by atoms with Crippen molar-refractivity contribution >= 4 is 17.5 Å². The maximum absolute atomic E-state index is 13.0. The van der Waals surface area contributed by atoms with Crippen LogP contribution in [-0.4, -0.2) is 31.5 Å². The molecular weight excluding hydrogens is 264 g/mol. The van der Waals surface area contributed by atoms with E-state index in [1.165, 1.54) is 13.2 Å². The summed E-state index contributed by atoms with van der Waals surface area (Å²) >= 11 is 5.59. The fourth-order valence-electron chi connectivity index (χ4n) is 1.44. The Morgan fingerprint density at radius 1 is 1.44 bits per heavy atom. The van der Waals surface area contributed by atoms with Crippen LogP contribution in [0.25, 0.3) is 0 Å². The molecule has 1 atom stereocenters. The second-order valence-electron chi connectivity index (χ2n) is 3.73. The third-order valence-electron chi connectivity index (χ3n) is 2.34. The summed E-state index contributed by atoms with van der Waals surface area (Å²) in [5.41, 5.74) is 0.0598. The molecule has 0 bridgehead atoms. The van der Waals surface area contributed by atoms with Gasteiger partial charge in [0.15, 0.2) is 11.6 Å². The average molecular weight is 278 g/mol. The van der Waals surface area contributed by atoms with Gasteiger partial charge in [0.2, 0.25) is 0 Å². The second-order valence-corrected chi connectivity index (χ2v) is 4.11. The molecule has 1 aromatic rings. The molecule has 0 fully saturated rings. The van der Waals surface area contributed by atoms with Gasteiger partial charge < -0.3 is 10.1 Å². The van der Waals surface area contributed by atoms with E-state index in [1.807, 2.05) is 0 Å². The zero-order valence-electron chi connectivity index (χ0n) is 9.88. The molecule has 1 aromatic carbocycles. The van der Waals surface area contributed by atoms with E-state index >= 15 is 0 Å². The first kappa shape index (κ1) is 14.9. The fraction of sp³-hybridized carbons (Fsp3) is 0.417. The summed E-state index contributed by atoms with van der Waals surface area (Å²) < 4.78 is 30.6. The standard InChI is InChI=1S/C12H14ClF2NO2/c1-18-7-9(4-5-13)16-12(17)8-2-3-10(14)11(15)6-8/h2-3,6,9H,4-5,7H2,1H3,(H,16,17). The normalized spacial score (nSPS) is 12.2. The Kier molecular flexibility index (Phi) is 6.01. The second kappa shape index (κ2) is 7.28. The Bertz CT molecular complexity index is 409. The minimum Gasteiger partial charge on any atom is -0.383 e. The lowest BCUT2D eigenvalue weighted by Crippen LogP contribution is -2.38. The first-order valence-corrected chi connectivity index (χ1v) is 5.92. The number of benzene rings is 1. The lowest BCUT2D eigenvalue weighted by molar-refractivity contribution is 0.0894. The smallest absolute Gasteiger partial charge is 0.251 e. The maximum Gasteiger partial charge on any atom is 0.251 e. The molecule has 100 valence electrons. The van der Waals surface area contributed by atoms with Crippen LogP contribution in [0.5, 0.6) is 0 Å². The van der Waals surface area contributed by atoms with Gasteiger partial charge in [-0.2, -0.15) is 0 Å². The summed E-state index contributed by atoms with van der Waals surface area (Å²) in [6, 6.07) is 2.73. The largest absolute Gasteiger partial charge is 0.383 e. The Morgan fingerprint density at radius 2 is 2.17 bits per heavy atom. The van der Waals surface area contributed by atoms with Crippen molar-refractivity contribution in [3.63, 3.8) is 0 Å². The van der Waals surface area contributed by atoms with Gasteiger partial charge >= 0.3 is 0 Å². The summed E-state index contributed by atoms with van der Waals surface area (Å²) in [6.45, 7) is 0.308. The monoisotopic (exact) mass is 277 g/mol. The number of alkyl halides is 1. The van der Waals surface area contributed by atoms with Gasteiger partial charge in [0.25, 0.3) is 5.91 Å². The third-order valence-corrected chi connectivity index (χ3v) is 2.56. The molecule has 18 heavy (non-hydrogen) atoms. The van der Waals surface area contributed by atoms with Gasteiger partial charge in [-0.3, -0.25) is 4.79 Å². The molecule has 1 rings (SSSR count). The Hall–Kier alpha value is -1.20. The number of halogens is 3. The summed E-state index contributed by atoms with van der Waals surface area (Å²) in [4.78, 5) is 11.8. The van der Waals surface area contributed by atoms with Crippen molar-refractivity contribution in [3.05, 3.63) is 35.4 Å². The number of carbonyl (C=O) groups excluding carboxylic acids is 1. The van der Waals surface area contributed by atoms with Crippen LogP contribution in [0.2, 0.25) is 0 Å². The van der Waals surface area contributed by atoms with Crippen molar-refractivity contribution < 1.29 is 18.3 Å². The highest BCUT2D eigenvalue weighted by Crippen LogP contribution is 2.09. The van der Waals surface area contributed by atoms with E-state index in [0.29, 0.717) is 18.9 Å². The van der Waals surface area contributed by atoms with Gasteiger partial charge in [-0.05, 0) is 24.6 Å². The van der Waals surface area contributed by atoms with E-state index in [2.05, 4.69) is 5.32 Å². The summed E-state index contributed by atoms with van der Waals surface area (Å²) in [7, 11) is 1.50. The van der Waals surface area contributed by atoms with E-state index in [0.717, 1.165) is 12.1 Å². The van der Waals surface area contributed by atoms with Crippen LogP contribution in [0.4, 0.5) is 8.78 Å². The molecule has 0 saturated carbocycles. The quantitative estimate of drug-likeness (QED) is 0.811. The highest BCUT2D eigenvalue weighted by Gasteiger charge is 2.14. The van der Waals surface area contributed by atoms with Crippen molar-refractivity contribution in [3.8, 4) is 0 Å². The summed E-state index contributed by atoms with van der Waals surface area (Å²) in [6.07, 6.45) is 0.533. The van der Waals surface area contributed by atoms with E-state index < -0.39 is 17.5 Å². The topological polar surface area (TPSA) is 38.3 Å². The van der Waals surface area contributed by atoms with Crippen LogP contribution in [-0.2, 0) is 4.74 Å². The summed E-state index contributed by atoms with van der Waals surface area (Å²) in [5, 5.41) is 2.64. The number of amides is 1. The van der Waals surface area contributed by atoms with Crippen LogP contribution in [0.1, 0.15) is 16.8 Å². The van der Waals surface area contributed by atoms with Crippen LogP contribution in [0, 0.1) is 11.6 Å². The molecule has 0 radical (unpaired) electrons. The molecule has 1 unspecified atom stereocenters. The Balaban J connectivity index is 2.70. The van der Waals surface area contributed by atoms with Gasteiger partial charge in [0.1, 0.15) is 0 Å². The molecule has 0 aliphatic heterocycles. The van der Waals surface area contributed by atoms with Crippen LogP contribution >= 0.6 is 11.6 Å². The molecule has 3 nitrogen and oxygen atoms in total. The van der Waals surface area contributed by atoms with Gasteiger partial charge in [0.05, 0.1) is 12.6 Å². The summed E-state index contributed by atoms with van der Waals surface area (Å²) in [5.74, 6) is -2.16. The molecule has 0 spiro atoms. The van der Waals surface area contributed by atoms with Gasteiger partial charge in [0, 0.05) is 18.6 Å². The van der Waals surface area contributed by atoms with Crippen LogP contribution < -0.4 is 5.32 Å². The first-order chi connectivity index (χ1) is 8.58. The molecule has 6 heteroatoms. The first-order valence-electron chi connectivity index (χ1n) is 5.39. The number of methoxy groups -OCH3 is 1. The predicted molar refractivity (Wildman–Crippen MR) is 64.8 cm³/mol. The zero-order valence-corrected chi connectivity index (χ0v) is 10.6. The lowest BCUT2D eigenvalue weighted by Gasteiger charge is -2.16. The average Bonchev–Trinajstić information content (AvgIpc) is 2.33. The highest BCUT2D eigenvalue weighted by molar-refractivity contribution is 6.17. The molecule has 1 N–H and O–H groups in total. The van der Waals surface area contributed by atoms with E-state index in [9.17, 15) is 13.6 Å². The van der Waals surface area contributed by atoms with E-state index in [4.69, 9.17) is 16.3 Å². The van der Waals surface area contributed by atoms with Gasteiger partial charge in [-0.1, -0.05) is 0 Å². The fourth-order valence-corrected chi connectivity index (χ4v) is 1.70. The van der Waals surface area contributed by atoms with Crippen molar-refractivity contribution in [1.82, 2.24) is 5.32 Å². The number of rotatable bonds is 6. The van der Waals surface area contributed by atoms with Crippen molar-refractivity contribution in [2.45, 2.75) is 12.5 Å². The lowest BCUT2D eigenvalue weighted by atomic mass is 10.1. The third kappa shape index (κ3) is 4.23. The van der Waals surface area contributed by atoms with E-state index in [-0.39, 0.29) is 11.6 Å². The number of ether oxygens (including phenoxy) is 1. The van der Waals surface area contributed by atoms with Crippen molar-refractivity contribution in [2.75, 3.05) is 19.6 Å². The molecule has 1 amide bonds. The number of hydrogen-bond acceptors (Lipinski definition) is 2. The van der Waals surface area contributed by atoms with Crippen LogP contribution in [0.3, 0.4) is 0 Å². The molecule has 0 heterocycles. The number of carbonyl (C=O) groups is 1. The predicted octanol–water partition coefficient (Wildman–Crippen LogP) is 2.34. The van der Waals surface area contributed by atoms with Crippen molar-refractivity contribution in [1.29, 1.82) is 0 Å². The van der Waals surface area contributed by atoms with Gasteiger partial charge in [-0.25, -0.2) is 8.78 Å². The minimum atomic E-state index is -1.05. The molecule has 0 saturated heterocycles. The molecule has 0 aromatic heterocycles. The van der Waals surface area contributed by atoms with E-state index in [1.54, 1.807) is 0 Å². The highest BCUT2D eigenvalue weighted by atomic mass is 35.5. The Labute approximate surface area is 109 Å². The number of nitrogens with one attached hydrogen (secondary N) is 1. The SMILES string of the molecule is COCC(CCCl)NC(=O)c1ccc(F)c(F)c1. The van der Waals surface area contributed by atoms with Crippen LogP contribution in [0.15, 0.2) is 18.2 Å². The molecule has 0 aliphatic carbocycles. The van der Waals surface area contributed by atoms with Gasteiger partial charge in [-0.15, -0.1) is 11.6 Å². The minimum absolute atomic E-state index is 0.0598.